The molecule has 5 heteroatoms. The third-order valence-corrected chi connectivity index (χ3v) is 2.67. The first-order chi connectivity index (χ1) is 7.91. The molecule has 3 N–H and O–H groups in total. The second-order valence-corrected chi connectivity index (χ2v) is 4.53. The molecule has 0 unspecified atom stereocenters. The number of hydrogen-bond acceptors (Lipinski definition) is 2. The minimum Gasteiger partial charge on any atom is -0.369 e. The lowest BCUT2D eigenvalue weighted by Crippen LogP contribution is -2.34. The molecule has 1 atom stereocenters. The number of primary amides is 1. The number of carbonyl (C=O) groups is 1. The van der Waals surface area contributed by atoms with Crippen molar-refractivity contribution >= 4 is 19.2 Å². The van der Waals surface area contributed by atoms with Gasteiger partial charge in [-0.25, -0.2) is 4.39 Å². The molecule has 0 saturated carbocycles. The van der Waals surface area contributed by atoms with E-state index in [1.54, 1.807) is 20.0 Å². The molecule has 0 radical (unpaired) electrons. The molecular weight excluding hydrogens is 218 g/mol. The van der Waals surface area contributed by atoms with Crippen LogP contribution in [0.25, 0.3) is 0 Å². The third kappa shape index (κ3) is 3.86. The lowest BCUT2D eigenvalue weighted by molar-refractivity contribution is -0.119. The quantitative estimate of drug-likeness (QED) is 0.686. The number of halogens is 1. The van der Waals surface area contributed by atoms with Gasteiger partial charge in [-0.1, -0.05) is 31.4 Å². The Morgan fingerprint density at radius 1 is 1.53 bits per heavy atom. The Morgan fingerprint density at radius 2 is 2.18 bits per heavy atom. The SMILES string of the molecule is Bc1ccc([C@@H](CNC(C)C)C(N)=O)cc1F. The average molecular weight is 236 g/mol. The molecule has 0 aliphatic heterocycles. The minimum absolute atomic E-state index is 0.257. The molecule has 0 aliphatic carbocycles. The van der Waals surface area contributed by atoms with Crippen LogP contribution < -0.4 is 16.5 Å². The molecule has 92 valence electrons. The van der Waals surface area contributed by atoms with Gasteiger partial charge in [0.15, 0.2) is 0 Å². The Labute approximate surface area is 102 Å². The molecule has 1 rings (SSSR count). The molecule has 1 aromatic rings. The zero-order valence-corrected chi connectivity index (χ0v) is 10.5. The van der Waals surface area contributed by atoms with E-state index < -0.39 is 11.8 Å². The number of nitrogens with two attached hydrogens (primary N) is 1. The van der Waals surface area contributed by atoms with Gasteiger partial charge in [-0.2, -0.15) is 0 Å². The van der Waals surface area contributed by atoms with Crippen LogP contribution in [-0.2, 0) is 4.79 Å². The van der Waals surface area contributed by atoms with Crippen LogP contribution in [0.15, 0.2) is 18.2 Å². The van der Waals surface area contributed by atoms with Crippen LogP contribution in [0.3, 0.4) is 0 Å². The number of amides is 1. The number of hydrogen-bond donors (Lipinski definition) is 2. The summed E-state index contributed by atoms with van der Waals surface area (Å²) >= 11 is 0. The van der Waals surface area contributed by atoms with Gasteiger partial charge in [-0.15, -0.1) is 0 Å². The summed E-state index contributed by atoms with van der Waals surface area (Å²) in [6.45, 7) is 4.39. The first kappa shape index (κ1) is 13.7. The van der Waals surface area contributed by atoms with Crippen LogP contribution >= 0.6 is 0 Å². The summed E-state index contributed by atoms with van der Waals surface area (Å²) in [5, 5.41) is 3.14. The van der Waals surface area contributed by atoms with Crippen molar-refractivity contribution < 1.29 is 9.18 Å². The molecule has 0 spiro atoms. The van der Waals surface area contributed by atoms with Crippen molar-refractivity contribution in [1.82, 2.24) is 5.32 Å². The fourth-order valence-electron chi connectivity index (χ4n) is 1.56. The normalized spacial score (nSPS) is 12.7. The van der Waals surface area contributed by atoms with E-state index in [0.29, 0.717) is 17.6 Å². The zero-order chi connectivity index (χ0) is 13.0. The molecule has 1 aromatic carbocycles. The molecule has 0 fully saturated rings. The molecule has 17 heavy (non-hydrogen) atoms. The monoisotopic (exact) mass is 236 g/mol. The number of benzene rings is 1. The Hall–Kier alpha value is -1.36. The maximum atomic E-state index is 13.4. The summed E-state index contributed by atoms with van der Waals surface area (Å²) in [7, 11) is 1.69. The van der Waals surface area contributed by atoms with Crippen molar-refractivity contribution in [3.05, 3.63) is 29.6 Å². The molecule has 0 aliphatic rings. The Balaban J connectivity index is 2.89. The van der Waals surface area contributed by atoms with Crippen molar-refractivity contribution in [2.45, 2.75) is 25.8 Å². The first-order valence-corrected chi connectivity index (χ1v) is 5.70. The van der Waals surface area contributed by atoms with E-state index in [0.717, 1.165) is 0 Å². The Kier molecular flexibility index (Phi) is 4.69. The van der Waals surface area contributed by atoms with Crippen LogP contribution in [0.4, 0.5) is 4.39 Å². The lowest BCUT2D eigenvalue weighted by atomic mass is 9.90. The minimum atomic E-state index is -0.493. The van der Waals surface area contributed by atoms with Gasteiger partial charge < -0.3 is 11.1 Å². The van der Waals surface area contributed by atoms with Crippen LogP contribution in [0.5, 0.6) is 0 Å². The predicted molar refractivity (Wildman–Crippen MR) is 69.7 cm³/mol. The van der Waals surface area contributed by atoms with Crippen molar-refractivity contribution in [3.63, 3.8) is 0 Å². The second kappa shape index (κ2) is 5.82. The van der Waals surface area contributed by atoms with Gasteiger partial charge in [0.05, 0.1) is 5.92 Å². The van der Waals surface area contributed by atoms with Crippen molar-refractivity contribution in [1.29, 1.82) is 0 Å². The predicted octanol–water partition coefficient (Wildman–Crippen LogP) is -0.349. The summed E-state index contributed by atoms with van der Waals surface area (Å²) in [5.74, 6) is -1.24. The average Bonchev–Trinajstić information content (AvgIpc) is 2.22. The highest BCUT2D eigenvalue weighted by molar-refractivity contribution is 6.32. The highest BCUT2D eigenvalue weighted by atomic mass is 19.1. The smallest absolute Gasteiger partial charge is 0.226 e. The van der Waals surface area contributed by atoms with E-state index in [2.05, 4.69) is 5.32 Å². The van der Waals surface area contributed by atoms with Gasteiger partial charge in [-0.05, 0) is 11.6 Å². The van der Waals surface area contributed by atoms with Gasteiger partial charge in [0.2, 0.25) is 5.91 Å². The fraction of sp³-hybridized carbons (Fsp3) is 0.417. The van der Waals surface area contributed by atoms with E-state index in [-0.39, 0.29) is 11.9 Å². The number of nitrogens with one attached hydrogen (secondary N) is 1. The zero-order valence-electron chi connectivity index (χ0n) is 10.5. The number of carbonyl (C=O) groups excluding carboxylic acids is 1. The molecule has 0 saturated heterocycles. The number of rotatable bonds is 5. The Morgan fingerprint density at radius 3 is 2.65 bits per heavy atom. The molecule has 0 heterocycles. The summed E-state index contributed by atoms with van der Waals surface area (Å²) in [6, 6.07) is 5.05. The molecule has 0 bridgehead atoms. The van der Waals surface area contributed by atoms with Crippen LogP contribution in [0.2, 0.25) is 0 Å². The van der Waals surface area contributed by atoms with Gasteiger partial charge in [-0.3, -0.25) is 4.79 Å². The van der Waals surface area contributed by atoms with E-state index in [4.69, 9.17) is 5.73 Å². The lowest BCUT2D eigenvalue weighted by Gasteiger charge is -2.17. The maximum Gasteiger partial charge on any atom is 0.226 e. The highest BCUT2D eigenvalue weighted by Crippen LogP contribution is 2.15. The van der Waals surface area contributed by atoms with Crippen molar-refractivity contribution in [3.8, 4) is 0 Å². The first-order valence-electron chi connectivity index (χ1n) is 5.70. The van der Waals surface area contributed by atoms with Gasteiger partial charge in [0, 0.05) is 12.6 Å². The Bertz CT molecular complexity index is 409. The van der Waals surface area contributed by atoms with Crippen molar-refractivity contribution in [2.24, 2.45) is 5.73 Å². The molecular formula is C12H18BFN2O. The van der Waals surface area contributed by atoms with Gasteiger partial charge in [0.25, 0.3) is 0 Å². The van der Waals surface area contributed by atoms with Crippen LogP contribution in [-0.4, -0.2) is 26.3 Å². The van der Waals surface area contributed by atoms with Crippen molar-refractivity contribution in [2.75, 3.05) is 6.54 Å². The second-order valence-electron chi connectivity index (χ2n) is 4.53. The van der Waals surface area contributed by atoms with Gasteiger partial charge in [0.1, 0.15) is 13.7 Å². The van der Waals surface area contributed by atoms with Crippen LogP contribution in [0.1, 0.15) is 25.3 Å². The van der Waals surface area contributed by atoms with E-state index in [9.17, 15) is 9.18 Å². The highest BCUT2D eigenvalue weighted by Gasteiger charge is 2.18. The fourth-order valence-corrected chi connectivity index (χ4v) is 1.56. The van der Waals surface area contributed by atoms with E-state index in [1.807, 2.05) is 13.8 Å². The summed E-state index contributed by atoms with van der Waals surface area (Å²) in [4.78, 5) is 11.4. The standard InChI is InChI=1S/C12H18BFN2O/c1-7(2)16-6-9(12(15)17)8-3-4-10(13)11(14)5-8/h3-5,7,9,16H,6,13H2,1-2H3,(H2,15,17)/t9-/m1/s1. The largest absolute Gasteiger partial charge is 0.369 e. The molecule has 3 nitrogen and oxygen atoms in total. The summed E-state index contributed by atoms with van der Waals surface area (Å²) in [6.07, 6.45) is 0. The third-order valence-electron chi connectivity index (χ3n) is 2.67. The molecule has 0 aromatic heterocycles. The van der Waals surface area contributed by atoms with Gasteiger partial charge >= 0.3 is 0 Å². The topological polar surface area (TPSA) is 55.1 Å². The summed E-state index contributed by atoms with van der Waals surface area (Å²) < 4.78 is 13.4. The van der Waals surface area contributed by atoms with Crippen LogP contribution in [0, 0.1) is 5.82 Å². The van der Waals surface area contributed by atoms with E-state index in [1.165, 1.54) is 6.07 Å². The molecule has 1 amide bonds. The summed E-state index contributed by atoms with van der Waals surface area (Å²) in [5.41, 5.74) is 6.52. The van der Waals surface area contributed by atoms with E-state index >= 15 is 0 Å². The maximum absolute atomic E-state index is 13.4.